The van der Waals surface area contributed by atoms with Crippen molar-refractivity contribution in [3.05, 3.63) is 70.4 Å². The summed E-state index contributed by atoms with van der Waals surface area (Å²) in [5.41, 5.74) is 1.25. The summed E-state index contributed by atoms with van der Waals surface area (Å²) >= 11 is 1.76. The van der Waals surface area contributed by atoms with Gasteiger partial charge in [0.1, 0.15) is 0 Å². The Morgan fingerprint density at radius 2 is 1.71 bits per heavy atom. The van der Waals surface area contributed by atoms with E-state index in [1.54, 1.807) is 11.3 Å². The van der Waals surface area contributed by atoms with Crippen LogP contribution >= 0.6 is 11.3 Å². The third-order valence-corrected chi connectivity index (χ3v) is 4.86. The first-order valence-corrected chi connectivity index (χ1v) is 8.05. The van der Waals surface area contributed by atoms with E-state index in [4.69, 9.17) is 9.47 Å². The van der Waals surface area contributed by atoms with Crippen LogP contribution in [-0.4, -0.2) is 19.5 Å². The molecule has 2 heterocycles. The molecule has 106 valence electrons. The minimum absolute atomic E-state index is 0.150. The van der Waals surface area contributed by atoms with E-state index in [1.807, 2.05) is 0 Å². The van der Waals surface area contributed by atoms with E-state index < -0.39 is 0 Å². The van der Waals surface area contributed by atoms with Crippen molar-refractivity contribution in [3.63, 3.8) is 0 Å². The Morgan fingerprint density at radius 1 is 0.905 bits per heavy atom. The third kappa shape index (κ3) is 2.48. The summed E-state index contributed by atoms with van der Waals surface area (Å²) in [7, 11) is 0. The van der Waals surface area contributed by atoms with Gasteiger partial charge in [-0.25, -0.2) is 0 Å². The second kappa shape index (κ2) is 5.60. The molecule has 2 aromatic carbocycles. The van der Waals surface area contributed by atoms with Crippen LogP contribution in [0.25, 0.3) is 10.8 Å². The van der Waals surface area contributed by atoms with Crippen molar-refractivity contribution < 1.29 is 9.47 Å². The van der Waals surface area contributed by atoms with Gasteiger partial charge in [0.2, 0.25) is 0 Å². The van der Waals surface area contributed by atoms with Crippen molar-refractivity contribution in [2.45, 2.75) is 12.2 Å². The monoisotopic (exact) mass is 296 g/mol. The van der Waals surface area contributed by atoms with Crippen LogP contribution in [0, 0.1) is 0 Å². The molecule has 0 spiro atoms. The average Bonchev–Trinajstić information content (AvgIpc) is 3.21. The molecule has 21 heavy (non-hydrogen) atoms. The Bertz CT molecular complexity index is 730. The quantitative estimate of drug-likeness (QED) is 0.713. The molecule has 3 aromatic rings. The molecule has 0 N–H and O–H groups in total. The zero-order valence-electron chi connectivity index (χ0n) is 11.6. The number of ether oxygens (including phenoxy) is 2. The maximum atomic E-state index is 5.79. The number of hydrogen-bond acceptors (Lipinski definition) is 3. The van der Waals surface area contributed by atoms with E-state index in [9.17, 15) is 0 Å². The smallest absolute Gasteiger partial charge is 0.169 e. The molecule has 0 amide bonds. The van der Waals surface area contributed by atoms with Gasteiger partial charge in [0.25, 0.3) is 0 Å². The van der Waals surface area contributed by atoms with Gasteiger partial charge in [0.05, 0.1) is 19.1 Å². The first-order chi connectivity index (χ1) is 10.4. The van der Waals surface area contributed by atoms with E-state index in [-0.39, 0.29) is 12.2 Å². The van der Waals surface area contributed by atoms with Gasteiger partial charge in [-0.05, 0) is 27.8 Å². The molecule has 0 radical (unpaired) electrons. The van der Waals surface area contributed by atoms with E-state index in [0.717, 1.165) is 0 Å². The molecule has 1 saturated heterocycles. The van der Waals surface area contributed by atoms with Gasteiger partial charge in [-0.15, -0.1) is 11.3 Å². The van der Waals surface area contributed by atoms with Crippen LogP contribution < -0.4 is 0 Å². The number of fused-ring (bicyclic) bond motifs is 1. The maximum absolute atomic E-state index is 5.79. The van der Waals surface area contributed by atoms with Crippen molar-refractivity contribution in [2.24, 2.45) is 0 Å². The van der Waals surface area contributed by atoms with Gasteiger partial charge in [0.15, 0.2) is 6.29 Å². The summed E-state index contributed by atoms with van der Waals surface area (Å²) in [6, 6.07) is 19.3. The predicted molar refractivity (Wildman–Crippen MR) is 85.8 cm³/mol. The van der Waals surface area contributed by atoms with Crippen molar-refractivity contribution in [2.75, 3.05) is 13.2 Å². The molecule has 1 atom stereocenters. The highest BCUT2D eigenvalue weighted by atomic mass is 32.1. The molecule has 1 aliphatic rings. The fourth-order valence-corrected chi connectivity index (χ4v) is 3.76. The molecular formula is C18H16O2S. The van der Waals surface area contributed by atoms with Crippen LogP contribution in [0.1, 0.15) is 16.4 Å². The van der Waals surface area contributed by atoms with Gasteiger partial charge in [-0.1, -0.05) is 48.5 Å². The molecular weight excluding hydrogens is 280 g/mol. The summed E-state index contributed by atoms with van der Waals surface area (Å²) in [6.07, 6.45) is -0.176. The number of benzene rings is 2. The van der Waals surface area contributed by atoms with Gasteiger partial charge in [0, 0.05) is 4.88 Å². The highest BCUT2D eigenvalue weighted by Crippen LogP contribution is 2.36. The van der Waals surface area contributed by atoms with Crippen LogP contribution in [0.5, 0.6) is 0 Å². The Balaban J connectivity index is 1.80. The number of hydrogen-bond donors (Lipinski definition) is 0. The lowest BCUT2D eigenvalue weighted by Gasteiger charge is -2.22. The largest absolute Gasteiger partial charge is 0.349 e. The molecule has 2 nitrogen and oxygen atoms in total. The lowest BCUT2D eigenvalue weighted by atomic mass is 9.94. The lowest BCUT2D eigenvalue weighted by Crippen LogP contribution is -2.19. The summed E-state index contributed by atoms with van der Waals surface area (Å²) < 4.78 is 11.6. The van der Waals surface area contributed by atoms with Crippen LogP contribution in [-0.2, 0) is 9.47 Å². The SMILES string of the molecule is c1csc(C(c2ccc3ccccc3c2)C2OCCO2)c1. The highest BCUT2D eigenvalue weighted by molar-refractivity contribution is 7.10. The van der Waals surface area contributed by atoms with Crippen LogP contribution in [0.3, 0.4) is 0 Å². The van der Waals surface area contributed by atoms with Crippen molar-refractivity contribution >= 4 is 22.1 Å². The first kappa shape index (κ1) is 13.0. The molecule has 3 heteroatoms. The maximum Gasteiger partial charge on any atom is 0.169 e. The van der Waals surface area contributed by atoms with Gasteiger partial charge in [-0.3, -0.25) is 0 Å². The minimum atomic E-state index is -0.176. The standard InChI is InChI=1S/C18H16O2S/c1-2-5-14-12-15(8-7-13(14)4-1)17(16-6-3-11-21-16)18-19-9-10-20-18/h1-8,11-12,17-18H,9-10H2. The number of thiophene rings is 1. The molecule has 1 aliphatic heterocycles. The third-order valence-electron chi connectivity index (χ3n) is 3.90. The summed E-state index contributed by atoms with van der Waals surface area (Å²) in [5.74, 6) is 0.150. The lowest BCUT2D eigenvalue weighted by molar-refractivity contribution is -0.0517. The van der Waals surface area contributed by atoms with Crippen molar-refractivity contribution in [3.8, 4) is 0 Å². The Morgan fingerprint density at radius 3 is 2.48 bits per heavy atom. The Labute approximate surface area is 127 Å². The molecule has 1 unspecified atom stereocenters. The van der Waals surface area contributed by atoms with E-state index in [0.29, 0.717) is 13.2 Å². The minimum Gasteiger partial charge on any atom is -0.349 e. The van der Waals surface area contributed by atoms with E-state index in [1.165, 1.54) is 21.2 Å². The predicted octanol–water partition coefficient (Wildman–Crippen LogP) is 4.41. The van der Waals surface area contributed by atoms with Crippen LogP contribution in [0.2, 0.25) is 0 Å². The Kier molecular flexibility index (Phi) is 3.47. The fraction of sp³-hybridized carbons (Fsp3) is 0.222. The van der Waals surface area contributed by atoms with E-state index in [2.05, 4.69) is 60.0 Å². The fourth-order valence-electron chi connectivity index (χ4n) is 2.89. The van der Waals surface area contributed by atoms with Crippen molar-refractivity contribution in [1.82, 2.24) is 0 Å². The molecule has 0 bridgehead atoms. The first-order valence-electron chi connectivity index (χ1n) is 7.17. The average molecular weight is 296 g/mol. The zero-order valence-corrected chi connectivity index (χ0v) is 12.4. The van der Waals surface area contributed by atoms with Crippen LogP contribution in [0.15, 0.2) is 60.0 Å². The normalized spacial score (nSPS) is 17.3. The van der Waals surface area contributed by atoms with Crippen LogP contribution in [0.4, 0.5) is 0 Å². The molecule has 0 aliphatic carbocycles. The van der Waals surface area contributed by atoms with E-state index >= 15 is 0 Å². The molecule has 1 aromatic heterocycles. The summed E-state index contributed by atoms with van der Waals surface area (Å²) in [6.45, 7) is 1.36. The number of rotatable bonds is 3. The zero-order chi connectivity index (χ0) is 14.1. The van der Waals surface area contributed by atoms with Gasteiger partial charge < -0.3 is 9.47 Å². The highest BCUT2D eigenvalue weighted by Gasteiger charge is 2.30. The van der Waals surface area contributed by atoms with Crippen molar-refractivity contribution in [1.29, 1.82) is 0 Å². The second-order valence-corrected chi connectivity index (χ2v) is 6.19. The second-order valence-electron chi connectivity index (χ2n) is 5.21. The van der Waals surface area contributed by atoms with Gasteiger partial charge in [-0.2, -0.15) is 0 Å². The topological polar surface area (TPSA) is 18.5 Å². The summed E-state index contributed by atoms with van der Waals surface area (Å²) in [4.78, 5) is 1.29. The molecule has 4 rings (SSSR count). The Hall–Kier alpha value is -1.68. The summed E-state index contributed by atoms with van der Waals surface area (Å²) in [5, 5.41) is 4.63. The molecule has 1 fully saturated rings. The van der Waals surface area contributed by atoms with Gasteiger partial charge >= 0.3 is 0 Å². The molecule has 0 saturated carbocycles.